The molecule has 5 heteroatoms. The minimum absolute atomic E-state index is 0.0137. The number of likely N-dealkylation sites (tertiary alicyclic amines) is 1. The van der Waals surface area contributed by atoms with Gasteiger partial charge in [0.15, 0.2) is 0 Å². The molecule has 0 bridgehead atoms. The zero-order valence-electron chi connectivity index (χ0n) is 13.8. The van der Waals surface area contributed by atoms with Gasteiger partial charge in [-0.3, -0.25) is 9.59 Å². The van der Waals surface area contributed by atoms with Crippen LogP contribution in [0.25, 0.3) is 0 Å². The number of carbonyl (C=O) groups excluding carboxylic acids is 2. The molecule has 0 aromatic rings. The van der Waals surface area contributed by atoms with Gasteiger partial charge in [0.05, 0.1) is 0 Å². The lowest BCUT2D eigenvalue weighted by molar-refractivity contribution is -0.139. The molecule has 2 atom stereocenters. The molecule has 1 fully saturated rings. The molecule has 1 heterocycles. The third kappa shape index (κ3) is 5.65. The lowest BCUT2D eigenvalue weighted by atomic mass is 9.96. The molecule has 2 amide bonds. The molecule has 1 saturated heterocycles. The molecule has 1 aliphatic rings. The fourth-order valence-electron chi connectivity index (χ4n) is 2.73. The van der Waals surface area contributed by atoms with Crippen LogP contribution in [0.2, 0.25) is 0 Å². The van der Waals surface area contributed by atoms with Crippen LogP contribution in [-0.2, 0) is 9.59 Å². The molecule has 0 saturated carbocycles. The summed E-state index contributed by atoms with van der Waals surface area (Å²) in [4.78, 5) is 26.4. The summed E-state index contributed by atoms with van der Waals surface area (Å²) in [5, 5.41) is 12.2. The van der Waals surface area contributed by atoms with Crippen LogP contribution < -0.4 is 5.32 Å². The number of aliphatic hydroxyl groups excluding tert-OH is 1. The Balaban J connectivity index is 2.66. The standard InChI is InChI=1S/C16H30N2O3/c1-11(2)8-14(20)17-15(12(3)4)16(21)18-7-5-6-13(9-18)10-19/h11-13,15,19H,5-10H2,1-4H3,(H,17,20). The first-order chi connectivity index (χ1) is 9.85. The Morgan fingerprint density at radius 1 is 1.29 bits per heavy atom. The Labute approximate surface area is 128 Å². The first-order valence-corrected chi connectivity index (χ1v) is 8.04. The van der Waals surface area contributed by atoms with Gasteiger partial charge in [0.1, 0.15) is 6.04 Å². The molecular formula is C16H30N2O3. The van der Waals surface area contributed by atoms with Gasteiger partial charge in [-0.15, -0.1) is 0 Å². The van der Waals surface area contributed by atoms with Crippen molar-refractivity contribution in [2.24, 2.45) is 17.8 Å². The number of nitrogens with zero attached hydrogens (tertiary/aromatic N) is 1. The highest BCUT2D eigenvalue weighted by Gasteiger charge is 2.31. The van der Waals surface area contributed by atoms with Crippen LogP contribution in [0, 0.1) is 17.8 Å². The van der Waals surface area contributed by atoms with Gasteiger partial charge < -0.3 is 15.3 Å². The number of rotatable bonds is 6. The maximum Gasteiger partial charge on any atom is 0.245 e. The zero-order chi connectivity index (χ0) is 16.0. The Morgan fingerprint density at radius 3 is 2.48 bits per heavy atom. The van der Waals surface area contributed by atoms with E-state index in [0.29, 0.717) is 13.0 Å². The molecule has 5 nitrogen and oxygen atoms in total. The average molecular weight is 298 g/mol. The molecular weight excluding hydrogens is 268 g/mol. The summed E-state index contributed by atoms with van der Waals surface area (Å²) in [6.07, 6.45) is 2.32. The van der Waals surface area contributed by atoms with Crippen molar-refractivity contribution < 1.29 is 14.7 Å². The summed E-state index contributed by atoms with van der Waals surface area (Å²) in [7, 11) is 0. The first kappa shape index (κ1) is 18.0. The monoisotopic (exact) mass is 298 g/mol. The second-order valence-corrected chi connectivity index (χ2v) is 6.86. The molecule has 0 radical (unpaired) electrons. The summed E-state index contributed by atoms with van der Waals surface area (Å²) in [5.74, 6) is 0.430. The summed E-state index contributed by atoms with van der Waals surface area (Å²) in [5.41, 5.74) is 0. The van der Waals surface area contributed by atoms with E-state index in [4.69, 9.17) is 0 Å². The van der Waals surface area contributed by atoms with E-state index in [2.05, 4.69) is 5.32 Å². The molecule has 0 aromatic heterocycles. The second kappa shape index (κ2) is 8.37. The van der Waals surface area contributed by atoms with Crippen molar-refractivity contribution in [2.75, 3.05) is 19.7 Å². The Morgan fingerprint density at radius 2 is 1.95 bits per heavy atom. The van der Waals surface area contributed by atoms with E-state index in [1.807, 2.05) is 27.7 Å². The Hall–Kier alpha value is -1.10. The van der Waals surface area contributed by atoms with Crippen LogP contribution in [0.5, 0.6) is 0 Å². The van der Waals surface area contributed by atoms with E-state index in [1.54, 1.807) is 4.90 Å². The van der Waals surface area contributed by atoms with E-state index in [1.165, 1.54) is 0 Å². The van der Waals surface area contributed by atoms with Gasteiger partial charge in [-0.05, 0) is 30.6 Å². The number of carbonyl (C=O) groups is 2. The van der Waals surface area contributed by atoms with Crippen LogP contribution >= 0.6 is 0 Å². The molecule has 21 heavy (non-hydrogen) atoms. The lowest BCUT2D eigenvalue weighted by Crippen LogP contribution is -2.53. The predicted molar refractivity (Wildman–Crippen MR) is 82.6 cm³/mol. The molecule has 2 unspecified atom stereocenters. The fourth-order valence-corrected chi connectivity index (χ4v) is 2.73. The molecule has 1 rings (SSSR count). The van der Waals surface area contributed by atoms with E-state index in [9.17, 15) is 14.7 Å². The SMILES string of the molecule is CC(C)CC(=O)NC(C(=O)N1CCCC(CO)C1)C(C)C. The van der Waals surface area contributed by atoms with Crippen LogP contribution in [-0.4, -0.2) is 47.6 Å². The molecule has 0 aliphatic carbocycles. The first-order valence-electron chi connectivity index (χ1n) is 8.04. The van der Waals surface area contributed by atoms with Crippen molar-refractivity contribution in [3.05, 3.63) is 0 Å². The number of aliphatic hydroxyl groups is 1. The van der Waals surface area contributed by atoms with E-state index in [0.717, 1.165) is 19.4 Å². The smallest absolute Gasteiger partial charge is 0.245 e. The van der Waals surface area contributed by atoms with Crippen molar-refractivity contribution in [3.8, 4) is 0 Å². The highest BCUT2D eigenvalue weighted by molar-refractivity contribution is 5.88. The largest absolute Gasteiger partial charge is 0.396 e. The summed E-state index contributed by atoms with van der Waals surface area (Å²) in [6, 6.07) is -0.464. The van der Waals surface area contributed by atoms with E-state index < -0.39 is 6.04 Å². The summed E-state index contributed by atoms with van der Waals surface area (Å²) < 4.78 is 0. The molecule has 2 N–H and O–H groups in total. The fraction of sp³-hybridized carbons (Fsp3) is 0.875. The van der Waals surface area contributed by atoms with E-state index in [-0.39, 0.29) is 36.2 Å². The summed E-state index contributed by atoms with van der Waals surface area (Å²) in [6.45, 7) is 9.31. The van der Waals surface area contributed by atoms with Crippen LogP contribution in [0.3, 0.4) is 0 Å². The van der Waals surface area contributed by atoms with Gasteiger partial charge in [0.25, 0.3) is 0 Å². The number of hydrogen-bond acceptors (Lipinski definition) is 3. The quantitative estimate of drug-likeness (QED) is 0.779. The highest BCUT2D eigenvalue weighted by Crippen LogP contribution is 2.18. The predicted octanol–water partition coefficient (Wildman–Crippen LogP) is 1.40. The number of nitrogens with one attached hydrogen (secondary N) is 1. The van der Waals surface area contributed by atoms with Crippen molar-refractivity contribution >= 4 is 11.8 Å². The minimum Gasteiger partial charge on any atom is -0.396 e. The maximum atomic E-state index is 12.7. The van der Waals surface area contributed by atoms with Gasteiger partial charge >= 0.3 is 0 Å². The number of hydrogen-bond donors (Lipinski definition) is 2. The summed E-state index contributed by atoms with van der Waals surface area (Å²) >= 11 is 0. The van der Waals surface area contributed by atoms with Crippen LogP contribution in [0.4, 0.5) is 0 Å². The Kier molecular flexibility index (Phi) is 7.15. The molecule has 1 aliphatic heterocycles. The third-order valence-corrected chi connectivity index (χ3v) is 3.93. The van der Waals surface area contributed by atoms with E-state index >= 15 is 0 Å². The topological polar surface area (TPSA) is 69.6 Å². The molecule has 122 valence electrons. The normalized spacial score (nSPS) is 20.7. The maximum absolute atomic E-state index is 12.7. The van der Waals surface area contributed by atoms with Gasteiger partial charge in [-0.25, -0.2) is 0 Å². The second-order valence-electron chi connectivity index (χ2n) is 6.86. The van der Waals surface area contributed by atoms with Gasteiger partial charge in [0.2, 0.25) is 11.8 Å². The lowest BCUT2D eigenvalue weighted by Gasteiger charge is -2.35. The number of piperidine rings is 1. The Bertz CT molecular complexity index is 355. The van der Waals surface area contributed by atoms with Crippen molar-refractivity contribution in [1.29, 1.82) is 0 Å². The number of amides is 2. The molecule has 0 spiro atoms. The minimum atomic E-state index is -0.464. The van der Waals surface area contributed by atoms with Crippen LogP contribution in [0.1, 0.15) is 47.0 Å². The van der Waals surface area contributed by atoms with Gasteiger partial charge in [-0.1, -0.05) is 27.7 Å². The zero-order valence-corrected chi connectivity index (χ0v) is 13.8. The van der Waals surface area contributed by atoms with Gasteiger partial charge in [0, 0.05) is 26.1 Å². The highest BCUT2D eigenvalue weighted by atomic mass is 16.3. The average Bonchev–Trinajstić information content (AvgIpc) is 2.43. The third-order valence-electron chi connectivity index (χ3n) is 3.93. The van der Waals surface area contributed by atoms with Crippen molar-refractivity contribution in [3.63, 3.8) is 0 Å². The van der Waals surface area contributed by atoms with Crippen molar-refractivity contribution in [2.45, 2.75) is 53.0 Å². The van der Waals surface area contributed by atoms with Crippen molar-refractivity contribution in [1.82, 2.24) is 10.2 Å². The van der Waals surface area contributed by atoms with Gasteiger partial charge in [-0.2, -0.15) is 0 Å². The molecule has 0 aromatic carbocycles. The van der Waals surface area contributed by atoms with Crippen LogP contribution in [0.15, 0.2) is 0 Å².